The van der Waals surface area contributed by atoms with Gasteiger partial charge >= 0.3 is 0 Å². The molecule has 3 rings (SSSR count). The fourth-order valence-electron chi connectivity index (χ4n) is 3.14. The Balaban J connectivity index is 1.59. The Morgan fingerprint density at radius 2 is 2.05 bits per heavy atom. The number of hydrogen-bond acceptors (Lipinski definition) is 3. The van der Waals surface area contributed by atoms with Crippen molar-refractivity contribution in [2.75, 3.05) is 31.6 Å². The minimum absolute atomic E-state index is 0.196. The predicted molar refractivity (Wildman–Crippen MR) is 80.9 cm³/mol. The van der Waals surface area contributed by atoms with Crippen molar-refractivity contribution in [2.45, 2.75) is 31.7 Å². The number of rotatable bonds is 3. The molecule has 20 heavy (non-hydrogen) atoms. The Morgan fingerprint density at radius 1 is 1.30 bits per heavy atom. The number of fused-ring (bicyclic) bond motifs is 1. The van der Waals surface area contributed by atoms with Gasteiger partial charge in [0.25, 0.3) is 0 Å². The monoisotopic (exact) mass is 273 g/mol. The lowest BCUT2D eigenvalue weighted by molar-refractivity contribution is -0.117. The average Bonchev–Trinajstić information content (AvgIpc) is 2.73. The maximum atomic E-state index is 11.7. The highest BCUT2D eigenvalue weighted by atomic mass is 16.2. The number of likely N-dealkylation sites (tertiary alicyclic amines) is 1. The van der Waals surface area contributed by atoms with E-state index in [-0.39, 0.29) is 5.91 Å². The van der Waals surface area contributed by atoms with E-state index in [0.29, 0.717) is 12.5 Å². The van der Waals surface area contributed by atoms with E-state index in [2.05, 4.69) is 23.1 Å². The number of likely N-dealkylation sites (N-methyl/N-ethyl adjacent to an activating group) is 1. The van der Waals surface area contributed by atoms with E-state index in [0.717, 1.165) is 44.6 Å². The van der Waals surface area contributed by atoms with Crippen LogP contribution in [0.5, 0.6) is 0 Å². The minimum atomic E-state index is 0.196. The van der Waals surface area contributed by atoms with E-state index in [1.807, 2.05) is 7.05 Å². The van der Waals surface area contributed by atoms with Crippen LogP contribution < -0.4 is 10.6 Å². The molecule has 0 atom stereocenters. The van der Waals surface area contributed by atoms with Crippen LogP contribution in [0.1, 0.15) is 24.0 Å². The Labute approximate surface area is 120 Å². The van der Waals surface area contributed by atoms with E-state index < -0.39 is 0 Å². The Bertz CT molecular complexity index is 506. The molecule has 2 aliphatic rings. The fraction of sp³-hybridized carbons (Fsp3) is 0.562. The van der Waals surface area contributed by atoms with Gasteiger partial charge in [0.2, 0.25) is 5.91 Å². The third kappa shape index (κ3) is 2.72. The zero-order valence-corrected chi connectivity index (χ0v) is 12.1. The lowest BCUT2D eigenvalue weighted by Crippen LogP contribution is -2.40. The van der Waals surface area contributed by atoms with Gasteiger partial charge in [-0.05, 0) is 49.5 Å². The van der Waals surface area contributed by atoms with Gasteiger partial charge in [-0.2, -0.15) is 0 Å². The topological polar surface area (TPSA) is 49.6 Å². The smallest absolute Gasteiger partial charge is 0.231 e. The predicted octanol–water partition coefficient (Wildman–Crippen LogP) is 1.17. The van der Waals surface area contributed by atoms with E-state index in [1.54, 1.807) is 4.90 Å². The lowest BCUT2D eigenvalue weighted by atomic mass is 10.0. The summed E-state index contributed by atoms with van der Waals surface area (Å²) >= 11 is 0. The van der Waals surface area contributed by atoms with Gasteiger partial charge in [-0.25, -0.2) is 0 Å². The third-order valence-corrected chi connectivity index (χ3v) is 4.57. The molecule has 1 aromatic rings. The molecular formula is C16H23N3O. The molecule has 108 valence electrons. The molecular weight excluding hydrogens is 250 g/mol. The number of piperidine rings is 1. The molecule has 0 radical (unpaired) electrons. The lowest BCUT2D eigenvalue weighted by Gasteiger charge is -2.30. The molecule has 2 heterocycles. The molecule has 1 aromatic carbocycles. The molecule has 1 saturated heterocycles. The number of benzene rings is 1. The highest BCUT2D eigenvalue weighted by Crippen LogP contribution is 2.28. The summed E-state index contributed by atoms with van der Waals surface area (Å²) in [5.41, 5.74) is 9.51. The molecule has 0 spiro atoms. The molecule has 2 aliphatic heterocycles. The van der Waals surface area contributed by atoms with Crippen molar-refractivity contribution in [3.8, 4) is 0 Å². The molecule has 4 nitrogen and oxygen atoms in total. The van der Waals surface area contributed by atoms with E-state index in [1.165, 1.54) is 11.1 Å². The first kappa shape index (κ1) is 13.6. The van der Waals surface area contributed by atoms with Crippen LogP contribution in [0.25, 0.3) is 0 Å². The van der Waals surface area contributed by atoms with Gasteiger partial charge in [-0.3, -0.25) is 4.79 Å². The van der Waals surface area contributed by atoms with Crippen LogP contribution in [0.15, 0.2) is 18.2 Å². The van der Waals surface area contributed by atoms with E-state index in [4.69, 9.17) is 5.73 Å². The summed E-state index contributed by atoms with van der Waals surface area (Å²) in [7, 11) is 1.85. The third-order valence-electron chi connectivity index (χ3n) is 4.57. The Hall–Kier alpha value is -1.39. The first-order valence-electron chi connectivity index (χ1n) is 7.50. The first-order chi connectivity index (χ1) is 9.63. The summed E-state index contributed by atoms with van der Waals surface area (Å²) in [6.07, 6.45) is 3.84. The van der Waals surface area contributed by atoms with Gasteiger partial charge in [0.15, 0.2) is 0 Å². The SMILES string of the molecule is CN1C(=O)Cc2cc(CCN3CCC(N)CC3)ccc21. The van der Waals surface area contributed by atoms with Crippen LogP contribution >= 0.6 is 0 Å². The van der Waals surface area contributed by atoms with Crippen molar-refractivity contribution in [1.82, 2.24) is 4.90 Å². The van der Waals surface area contributed by atoms with Gasteiger partial charge in [0.1, 0.15) is 0 Å². The largest absolute Gasteiger partial charge is 0.328 e. The molecule has 1 fully saturated rings. The van der Waals surface area contributed by atoms with E-state index >= 15 is 0 Å². The highest BCUT2D eigenvalue weighted by Gasteiger charge is 2.24. The number of nitrogens with two attached hydrogens (primary N) is 1. The number of anilines is 1. The van der Waals surface area contributed by atoms with Crippen molar-refractivity contribution in [1.29, 1.82) is 0 Å². The summed E-state index contributed by atoms with van der Waals surface area (Å²) < 4.78 is 0. The maximum absolute atomic E-state index is 11.7. The maximum Gasteiger partial charge on any atom is 0.231 e. The van der Waals surface area contributed by atoms with Crippen LogP contribution in [-0.2, 0) is 17.6 Å². The van der Waals surface area contributed by atoms with Crippen molar-refractivity contribution in [3.63, 3.8) is 0 Å². The van der Waals surface area contributed by atoms with Crippen LogP contribution in [0.2, 0.25) is 0 Å². The van der Waals surface area contributed by atoms with Crippen LogP contribution in [-0.4, -0.2) is 43.5 Å². The molecule has 0 saturated carbocycles. The summed E-state index contributed by atoms with van der Waals surface area (Å²) in [6.45, 7) is 3.33. The molecule has 1 amide bonds. The number of carbonyl (C=O) groups is 1. The molecule has 0 aromatic heterocycles. The second-order valence-corrected chi connectivity index (χ2v) is 6.02. The normalized spacial score (nSPS) is 20.5. The van der Waals surface area contributed by atoms with Gasteiger partial charge < -0.3 is 15.5 Å². The van der Waals surface area contributed by atoms with Gasteiger partial charge in [0, 0.05) is 25.3 Å². The molecule has 0 bridgehead atoms. The van der Waals surface area contributed by atoms with Crippen LogP contribution in [0.3, 0.4) is 0 Å². The zero-order valence-electron chi connectivity index (χ0n) is 12.1. The second-order valence-electron chi connectivity index (χ2n) is 6.02. The average molecular weight is 273 g/mol. The number of carbonyl (C=O) groups excluding carboxylic acids is 1. The Kier molecular flexibility index (Phi) is 3.76. The standard InChI is InChI=1S/C16H23N3O/c1-18-15-3-2-12(10-13(15)11-16(18)20)4-7-19-8-5-14(17)6-9-19/h2-3,10,14H,4-9,11,17H2,1H3. The van der Waals surface area contributed by atoms with Crippen molar-refractivity contribution in [2.24, 2.45) is 5.73 Å². The van der Waals surface area contributed by atoms with Crippen molar-refractivity contribution < 1.29 is 4.79 Å². The number of amides is 1. The van der Waals surface area contributed by atoms with Crippen molar-refractivity contribution in [3.05, 3.63) is 29.3 Å². The van der Waals surface area contributed by atoms with Gasteiger partial charge in [-0.15, -0.1) is 0 Å². The van der Waals surface area contributed by atoms with Crippen molar-refractivity contribution >= 4 is 11.6 Å². The van der Waals surface area contributed by atoms with Crippen LogP contribution in [0, 0.1) is 0 Å². The highest BCUT2D eigenvalue weighted by molar-refractivity contribution is 6.00. The van der Waals surface area contributed by atoms with Gasteiger partial charge in [0.05, 0.1) is 6.42 Å². The summed E-state index contributed by atoms with van der Waals surface area (Å²) in [5.74, 6) is 0.196. The summed E-state index contributed by atoms with van der Waals surface area (Å²) in [6, 6.07) is 6.84. The Morgan fingerprint density at radius 3 is 2.80 bits per heavy atom. The van der Waals surface area contributed by atoms with E-state index in [9.17, 15) is 4.79 Å². The number of nitrogens with zero attached hydrogens (tertiary/aromatic N) is 2. The second kappa shape index (κ2) is 5.54. The minimum Gasteiger partial charge on any atom is -0.328 e. The molecule has 0 unspecified atom stereocenters. The molecule has 4 heteroatoms. The summed E-state index contributed by atoms with van der Waals surface area (Å²) in [5, 5.41) is 0. The number of hydrogen-bond donors (Lipinski definition) is 1. The molecule has 0 aliphatic carbocycles. The summed E-state index contributed by atoms with van der Waals surface area (Å²) in [4.78, 5) is 15.9. The zero-order chi connectivity index (χ0) is 14.1. The molecule has 2 N–H and O–H groups in total. The fourth-order valence-corrected chi connectivity index (χ4v) is 3.14. The van der Waals surface area contributed by atoms with Gasteiger partial charge in [-0.1, -0.05) is 12.1 Å². The first-order valence-corrected chi connectivity index (χ1v) is 7.50. The van der Waals surface area contributed by atoms with Crippen LogP contribution in [0.4, 0.5) is 5.69 Å². The quantitative estimate of drug-likeness (QED) is 0.899.